The van der Waals surface area contributed by atoms with Crippen LogP contribution in [0.4, 0.5) is 0 Å². The SMILES string of the molecule is COC[C@]1(O)CC[C@]2(C)C3CC[C@@]4(C)C(CC[C@@H]4[C@H](C)CCC(=O)O)C3CC[C@H]2C1. The molecule has 4 aliphatic rings. The van der Waals surface area contributed by atoms with Crippen LogP contribution in [0.2, 0.25) is 0 Å². The molecule has 0 amide bonds. The number of fused-ring (bicyclic) bond motifs is 5. The molecule has 9 atom stereocenters. The average molecular weight is 421 g/mol. The van der Waals surface area contributed by atoms with Crippen molar-refractivity contribution in [2.24, 2.45) is 46.3 Å². The van der Waals surface area contributed by atoms with Crippen LogP contribution in [-0.4, -0.2) is 35.5 Å². The second kappa shape index (κ2) is 8.06. The van der Waals surface area contributed by atoms with Crippen LogP contribution in [0.5, 0.6) is 0 Å². The lowest BCUT2D eigenvalue weighted by Crippen LogP contribution is -2.56. The first-order valence-corrected chi connectivity index (χ1v) is 12.6. The second-order valence-electron chi connectivity index (χ2n) is 12.2. The van der Waals surface area contributed by atoms with Gasteiger partial charge in [-0.1, -0.05) is 20.8 Å². The monoisotopic (exact) mass is 420 g/mol. The van der Waals surface area contributed by atoms with E-state index in [9.17, 15) is 9.90 Å². The molecule has 4 saturated carbocycles. The van der Waals surface area contributed by atoms with Crippen molar-refractivity contribution in [3.05, 3.63) is 0 Å². The Hall–Kier alpha value is -0.610. The molecule has 0 aliphatic heterocycles. The molecule has 0 radical (unpaired) electrons. The van der Waals surface area contributed by atoms with Gasteiger partial charge in [-0.15, -0.1) is 0 Å². The van der Waals surface area contributed by atoms with Crippen molar-refractivity contribution in [1.29, 1.82) is 0 Å². The molecule has 4 heteroatoms. The lowest BCUT2D eigenvalue weighted by molar-refractivity contribution is -0.163. The summed E-state index contributed by atoms with van der Waals surface area (Å²) in [6.07, 6.45) is 11.9. The Balaban J connectivity index is 1.49. The van der Waals surface area contributed by atoms with Gasteiger partial charge >= 0.3 is 5.97 Å². The van der Waals surface area contributed by atoms with E-state index in [1.54, 1.807) is 7.11 Å². The summed E-state index contributed by atoms with van der Waals surface area (Å²) < 4.78 is 5.36. The lowest BCUT2D eigenvalue weighted by Gasteiger charge is -2.62. The first-order valence-electron chi connectivity index (χ1n) is 12.6. The van der Waals surface area contributed by atoms with E-state index in [0.29, 0.717) is 41.6 Å². The zero-order valence-corrected chi connectivity index (χ0v) is 19.7. The quantitative estimate of drug-likeness (QED) is 0.593. The van der Waals surface area contributed by atoms with Crippen LogP contribution in [0, 0.1) is 46.3 Å². The maximum atomic E-state index is 11.1. The highest BCUT2D eigenvalue weighted by Crippen LogP contribution is 2.68. The average Bonchev–Trinajstić information content (AvgIpc) is 3.04. The smallest absolute Gasteiger partial charge is 0.303 e. The second-order valence-corrected chi connectivity index (χ2v) is 12.2. The van der Waals surface area contributed by atoms with Gasteiger partial charge in [0.05, 0.1) is 12.2 Å². The molecule has 0 bridgehead atoms. The molecule has 0 saturated heterocycles. The number of hydrogen-bond donors (Lipinski definition) is 2. The van der Waals surface area contributed by atoms with Crippen LogP contribution in [-0.2, 0) is 9.53 Å². The number of carbonyl (C=O) groups is 1. The van der Waals surface area contributed by atoms with E-state index in [1.807, 2.05) is 0 Å². The van der Waals surface area contributed by atoms with Gasteiger partial charge in [0, 0.05) is 13.5 Å². The van der Waals surface area contributed by atoms with Crippen LogP contribution < -0.4 is 0 Å². The minimum absolute atomic E-state index is 0.314. The fourth-order valence-electron chi connectivity index (χ4n) is 9.25. The summed E-state index contributed by atoms with van der Waals surface area (Å²) >= 11 is 0. The van der Waals surface area contributed by atoms with Crippen molar-refractivity contribution in [3.63, 3.8) is 0 Å². The molecule has 4 rings (SSSR count). The van der Waals surface area contributed by atoms with Crippen molar-refractivity contribution in [1.82, 2.24) is 0 Å². The third-order valence-corrected chi connectivity index (χ3v) is 10.8. The lowest BCUT2D eigenvalue weighted by atomic mass is 9.43. The zero-order chi connectivity index (χ0) is 21.7. The Morgan fingerprint density at radius 2 is 1.77 bits per heavy atom. The molecular formula is C26H44O4. The van der Waals surface area contributed by atoms with E-state index in [1.165, 1.54) is 38.5 Å². The van der Waals surface area contributed by atoms with E-state index in [2.05, 4.69) is 20.8 Å². The van der Waals surface area contributed by atoms with Crippen LogP contribution in [0.3, 0.4) is 0 Å². The highest BCUT2D eigenvalue weighted by atomic mass is 16.5. The first-order chi connectivity index (χ1) is 14.1. The zero-order valence-electron chi connectivity index (χ0n) is 19.7. The molecule has 0 aromatic carbocycles. The summed E-state index contributed by atoms with van der Waals surface area (Å²) in [7, 11) is 1.71. The van der Waals surface area contributed by atoms with Crippen molar-refractivity contribution in [2.75, 3.05) is 13.7 Å². The number of aliphatic carboxylic acids is 1. The van der Waals surface area contributed by atoms with Crippen molar-refractivity contribution in [3.8, 4) is 0 Å². The van der Waals surface area contributed by atoms with Crippen LogP contribution in [0.1, 0.15) is 91.4 Å². The number of carboxylic acids is 1. The highest BCUT2D eigenvalue weighted by Gasteiger charge is 2.61. The molecule has 30 heavy (non-hydrogen) atoms. The highest BCUT2D eigenvalue weighted by molar-refractivity contribution is 5.66. The number of rotatable bonds is 6. The molecule has 0 spiro atoms. The number of aliphatic hydroxyl groups is 1. The fraction of sp³-hybridized carbons (Fsp3) is 0.962. The molecule has 4 aliphatic carbocycles. The first kappa shape index (κ1) is 22.6. The Morgan fingerprint density at radius 1 is 1.03 bits per heavy atom. The maximum absolute atomic E-state index is 11.1. The van der Waals surface area contributed by atoms with E-state index in [-0.39, 0.29) is 0 Å². The predicted octanol–water partition coefficient (Wildman–Crippen LogP) is 5.52. The molecule has 2 N–H and O–H groups in total. The molecular weight excluding hydrogens is 376 g/mol. The van der Waals surface area contributed by atoms with Crippen LogP contribution >= 0.6 is 0 Å². The standard InChI is InChI=1S/C26H44O4/c1-17(5-10-23(27)28)20-8-9-21-19-7-6-18-15-26(29,16-30-4)14-13-24(18,2)22(19)11-12-25(20,21)3/h17-22,29H,5-16H2,1-4H3,(H,27,28)/t17-,18+,19?,20-,21?,22?,24+,25-,26+/m1/s1. The predicted molar refractivity (Wildman–Crippen MR) is 118 cm³/mol. The Labute approximate surface area is 183 Å². The third kappa shape index (κ3) is 3.64. The topological polar surface area (TPSA) is 66.8 Å². The number of hydrogen-bond acceptors (Lipinski definition) is 3. The molecule has 4 fully saturated rings. The van der Waals surface area contributed by atoms with E-state index in [0.717, 1.165) is 43.4 Å². The summed E-state index contributed by atoms with van der Waals surface area (Å²) in [6, 6.07) is 0. The molecule has 172 valence electrons. The van der Waals surface area contributed by atoms with E-state index in [4.69, 9.17) is 9.84 Å². The Morgan fingerprint density at radius 3 is 2.47 bits per heavy atom. The number of methoxy groups -OCH3 is 1. The van der Waals surface area contributed by atoms with Gasteiger partial charge in [-0.25, -0.2) is 0 Å². The van der Waals surface area contributed by atoms with Gasteiger partial charge < -0.3 is 14.9 Å². The van der Waals surface area contributed by atoms with Crippen molar-refractivity contribution < 1.29 is 19.7 Å². The molecule has 0 aromatic rings. The van der Waals surface area contributed by atoms with Gasteiger partial charge in [0.1, 0.15) is 0 Å². The minimum Gasteiger partial charge on any atom is -0.481 e. The largest absolute Gasteiger partial charge is 0.481 e. The van der Waals surface area contributed by atoms with E-state index < -0.39 is 11.6 Å². The fourth-order valence-corrected chi connectivity index (χ4v) is 9.25. The maximum Gasteiger partial charge on any atom is 0.303 e. The van der Waals surface area contributed by atoms with Crippen LogP contribution in [0.15, 0.2) is 0 Å². The Kier molecular flexibility index (Phi) is 6.07. The summed E-state index contributed by atoms with van der Waals surface area (Å²) in [4.78, 5) is 11.1. The molecule has 3 unspecified atom stereocenters. The summed E-state index contributed by atoms with van der Waals surface area (Å²) in [5.74, 6) is 3.62. The minimum atomic E-state index is -0.651. The summed E-state index contributed by atoms with van der Waals surface area (Å²) in [5.41, 5.74) is 0.151. The Bertz CT molecular complexity index is 649. The third-order valence-electron chi connectivity index (χ3n) is 10.8. The number of carboxylic acid groups (broad SMARTS) is 1. The van der Waals surface area contributed by atoms with E-state index >= 15 is 0 Å². The summed E-state index contributed by atoms with van der Waals surface area (Å²) in [6.45, 7) is 7.88. The van der Waals surface area contributed by atoms with Gasteiger partial charge in [0.25, 0.3) is 0 Å². The van der Waals surface area contributed by atoms with Crippen LogP contribution in [0.25, 0.3) is 0 Å². The van der Waals surface area contributed by atoms with Gasteiger partial charge in [-0.3, -0.25) is 4.79 Å². The van der Waals surface area contributed by atoms with Gasteiger partial charge in [0.2, 0.25) is 0 Å². The van der Waals surface area contributed by atoms with Crippen molar-refractivity contribution in [2.45, 2.75) is 97.0 Å². The van der Waals surface area contributed by atoms with Gasteiger partial charge in [-0.05, 0) is 111 Å². The normalized spacial score (nSPS) is 49.0. The van der Waals surface area contributed by atoms with Gasteiger partial charge in [0.15, 0.2) is 0 Å². The summed E-state index contributed by atoms with van der Waals surface area (Å²) in [5, 5.41) is 20.2. The molecule has 0 heterocycles. The number of ether oxygens (including phenoxy) is 1. The molecule has 4 nitrogen and oxygen atoms in total. The van der Waals surface area contributed by atoms with Crippen molar-refractivity contribution >= 4 is 5.97 Å². The van der Waals surface area contributed by atoms with Gasteiger partial charge in [-0.2, -0.15) is 0 Å². The molecule has 0 aromatic heterocycles.